The number of rotatable bonds is 5. The first-order chi connectivity index (χ1) is 16.3. The Kier molecular flexibility index (Phi) is 6.21. The minimum absolute atomic E-state index is 0.215. The van der Waals surface area contributed by atoms with Crippen molar-refractivity contribution in [3.8, 4) is 0 Å². The standard InChI is InChI=1S/C25H22F6N2O2/c1-15-12-18-13-19(23(34,24(26,27)28)25(29,30)31)9-10-21(18)33(15)14-20-16(2)35-22(32-20)11-8-17-6-4-3-5-7-17/h3-11,13,15,34H,12,14H2,1-2H3/b11-8+. The fourth-order valence-corrected chi connectivity index (χ4v) is 4.21. The second-order valence-corrected chi connectivity index (χ2v) is 8.53. The first-order valence-electron chi connectivity index (χ1n) is 10.8. The van der Waals surface area contributed by atoms with Gasteiger partial charge in [-0.2, -0.15) is 26.3 Å². The Morgan fingerprint density at radius 3 is 2.31 bits per heavy atom. The first-order valence-corrected chi connectivity index (χ1v) is 10.8. The van der Waals surface area contributed by atoms with Gasteiger partial charge in [0.25, 0.3) is 5.60 Å². The summed E-state index contributed by atoms with van der Waals surface area (Å²) in [6, 6.07) is 12.0. The monoisotopic (exact) mass is 496 g/mol. The lowest BCUT2D eigenvalue weighted by atomic mass is 9.90. The lowest BCUT2D eigenvalue weighted by Crippen LogP contribution is -2.53. The summed E-state index contributed by atoms with van der Waals surface area (Å²) in [6.07, 6.45) is -8.08. The molecule has 3 aromatic rings. The number of halogens is 6. The Morgan fingerprint density at radius 2 is 1.69 bits per heavy atom. The molecule has 0 radical (unpaired) electrons. The molecule has 4 rings (SSSR count). The van der Waals surface area contributed by atoms with E-state index < -0.39 is 23.5 Å². The van der Waals surface area contributed by atoms with Gasteiger partial charge in [-0.15, -0.1) is 0 Å². The summed E-state index contributed by atoms with van der Waals surface area (Å²) in [4.78, 5) is 6.33. The highest BCUT2D eigenvalue weighted by molar-refractivity contribution is 5.66. The molecular formula is C25H22F6N2O2. The van der Waals surface area contributed by atoms with Crippen molar-refractivity contribution >= 4 is 17.8 Å². The van der Waals surface area contributed by atoms with E-state index in [1.807, 2.05) is 48.2 Å². The molecule has 0 amide bonds. The number of aryl methyl sites for hydroxylation is 1. The largest absolute Gasteiger partial charge is 0.442 e. The number of benzene rings is 2. The molecule has 1 aliphatic heterocycles. The highest BCUT2D eigenvalue weighted by Gasteiger charge is 2.71. The van der Waals surface area contributed by atoms with Crippen LogP contribution in [0.4, 0.5) is 32.0 Å². The molecule has 2 heterocycles. The van der Waals surface area contributed by atoms with Crippen molar-refractivity contribution in [3.63, 3.8) is 0 Å². The third-order valence-electron chi connectivity index (χ3n) is 6.12. The van der Waals surface area contributed by atoms with Crippen molar-refractivity contribution in [2.24, 2.45) is 0 Å². The summed E-state index contributed by atoms with van der Waals surface area (Å²) in [5.74, 6) is 0.933. The Hall–Kier alpha value is -3.27. The SMILES string of the molecule is Cc1oc(/C=C/c2ccccc2)nc1CN1c2ccc(C(O)(C(F)(F)F)C(F)(F)F)cc2CC1C. The number of aromatic nitrogens is 1. The van der Waals surface area contributed by atoms with Crippen LogP contribution in [0.2, 0.25) is 0 Å². The summed E-state index contributed by atoms with van der Waals surface area (Å²) in [5.41, 5.74) is -3.88. The molecule has 10 heteroatoms. The smallest absolute Gasteiger partial charge is 0.430 e. The number of fused-ring (bicyclic) bond motifs is 1. The van der Waals surface area contributed by atoms with Gasteiger partial charge in [-0.1, -0.05) is 42.5 Å². The van der Waals surface area contributed by atoms with Crippen molar-refractivity contribution in [1.82, 2.24) is 4.98 Å². The summed E-state index contributed by atoms with van der Waals surface area (Å²) in [7, 11) is 0. The number of nitrogens with zero attached hydrogens (tertiary/aromatic N) is 2. The molecule has 0 spiro atoms. The zero-order chi connectivity index (χ0) is 25.6. The minimum Gasteiger partial charge on any atom is -0.442 e. The highest BCUT2D eigenvalue weighted by atomic mass is 19.4. The van der Waals surface area contributed by atoms with E-state index in [1.54, 1.807) is 13.0 Å². The Bertz CT molecular complexity index is 1220. The predicted octanol–water partition coefficient (Wildman–Crippen LogP) is 6.42. The van der Waals surface area contributed by atoms with Gasteiger partial charge in [0.1, 0.15) is 11.5 Å². The van der Waals surface area contributed by atoms with Gasteiger partial charge in [0.15, 0.2) is 0 Å². The van der Waals surface area contributed by atoms with Gasteiger partial charge in [0.2, 0.25) is 5.89 Å². The van der Waals surface area contributed by atoms with Gasteiger partial charge in [-0.05, 0) is 43.5 Å². The van der Waals surface area contributed by atoms with Gasteiger partial charge >= 0.3 is 12.4 Å². The van der Waals surface area contributed by atoms with E-state index in [4.69, 9.17) is 4.42 Å². The Labute approximate surface area is 197 Å². The molecule has 1 unspecified atom stereocenters. The second-order valence-electron chi connectivity index (χ2n) is 8.53. The summed E-state index contributed by atoms with van der Waals surface area (Å²) in [5, 5.41) is 9.73. The van der Waals surface area contributed by atoms with Crippen LogP contribution >= 0.6 is 0 Å². The zero-order valence-electron chi connectivity index (χ0n) is 18.8. The maximum atomic E-state index is 13.3. The maximum absolute atomic E-state index is 13.3. The fraction of sp³-hybridized carbons (Fsp3) is 0.320. The molecule has 0 bridgehead atoms. The average molecular weight is 496 g/mol. The molecule has 1 atom stereocenters. The molecule has 1 N–H and O–H groups in total. The molecule has 0 aliphatic carbocycles. The highest BCUT2D eigenvalue weighted by Crippen LogP contribution is 2.51. The number of oxazole rings is 1. The minimum atomic E-state index is -5.93. The van der Waals surface area contributed by atoms with E-state index in [0.29, 0.717) is 29.1 Å². The average Bonchev–Trinajstić information content (AvgIpc) is 3.29. The number of hydrogen-bond acceptors (Lipinski definition) is 4. The van der Waals surface area contributed by atoms with Crippen molar-refractivity contribution < 1.29 is 35.9 Å². The number of anilines is 1. The predicted molar refractivity (Wildman–Crippen MR) is 118 cm³/mol. The molecule has 0 saturated heterocycles. The zero-order valence-corrected chi connectivity index (χ0v) is 18.8. The molecular weight excluding hydrogens is 474 g/mol. The summed E-state index contributed by atoms with van der Waals surface area (Å²) in [6.45, 7) is 3.80. The second kappa shape index (κ2) is 8.75. The maximum Gasteiger partial charge on any atom is 0.430 e. The molecule has 1 aromatic heterocycles. The van der Waals surface area contributed by atoms with E-state index in [0.717, 1.165) is 11.6 Å². The molecule has 0 saturated carbocycles. The van der Waals surface area contributed by atoms with Gasteiger partial charge in [0.05, 0.1) is 6.54 Å². The van der Waals surface area contributed by atoms with Crippen LogP contribution in [-0.4, -0.2) is 28.5 Å². The molecule has 2 aromatic carbocycles. The van der Waals surface area contributed by atoms with Crippen LogP contribution in [0.25, 0.3) is 12.2 Å². The van der Waals surface area contributed by atoms with Crippen LogP contribution in [0.1, 0.15) is 41.0 Å². The quantitative estimate of drug-likeness (QED) is 0.415. The van der Waals surface area contributed by atoms with Gasteiger partial charge < -0.3 is 14.4 Å². The van der Waals surface area contributed by atoms with Gasteiger partial charge in [-0.3, -0.25) is 0 Å². The third kappa shape index (κ3) is 4.54. The summed E-state index contributed by atoms with van der Waals surface area (Å²) < 4.78 is 85.5. The lowest BCUT2D eigenvalue weighted by Gasteiger charge is -2.33. The molecule has 4 nitrogen and oxygen atoms in total. The van der Waals surface area contributed by atoms with E-state index in [-0.39, 0.29) is 24.6 Å². The van der Waals surface area contributed by atoms with Crippen LogP contribution in [-0.2, 0) is 18.6 Å². The van der Waals surface area contributed by atoms with Crippen molar-refractivity contribution in [2.75, 3.05) is 4.90 Å². The number of hydrogen-bond donors (Lipinski definition) is 1. The van der Waals surface area contributed by atoms with Crippen LogP contribution in [0.3, 0.4) is 0 Å². The van der Waals surface area contributed by atoms with Crippen LogP contribution in [0.15, 0.2) is 52.9 Å². The van der Waals surface area contributed by atoms with Crippen LogP contribution in [0, 0.1) is 6.92 Å². The van der Waals surface area contributed by atoms with E-state index in [2.05, 4.69) is 4.98 Å². The number of aliphatic hydroxyl groups is 1. The van der Waals surface area contributed by atoms with E-state index >= 15 is 0 Å². The first kappa shape index (κ1) is 24.8. The lowest BCUT2D eigenvalue weighted by molar-refractivity contribution is -0.376. The van der Waals surface area contributed by atoms with Crippen LogP contribution in [0.5, 0.6) is 0 Å². The Morgan fingerprint density at radius 1 is 1.03 bits per heavy atom. The summed E-state index contributed by atoms with van der Waals surface area (Å²) >= 11 is 0. The third-order valence-corrected chi connectivity index (χ3v) is 6.12. The fourth-order valence-electron chi connectivity index (χ4n) is 4.21. The number of alkyl halides is 6. The molecule has 186 valence electrons. The van der Waals surface area contributed by atoms with E-state index in [1.165, 1.54) is 6.07 Å². The van der Waals surface area contributed by atoms with Crippen molar-refractivity contribution in [3.05, 3.63) is 82.6 Å². The van der Waals surface area contributed by atoms with Crippen molar-refractivity contribution in [2.45, 2.75) is 50.8 Å². The van der Waals surface area contributed by atoms with E-state index in [9.17, 15) is 31.4 Å². The van der Waals surface area contributed by atoms with Gasteiger partial charge in [-0.25, -0.2) is 4.98 Å². The molecule has 0 fully saturated rings. The Balaban J connectivity index is 1.60. The van der Waals surface area contributed by atoms with Gasteiger partial charge in [0, 0.05) is 23.4 Å². The van der Waals surface area contributed by atoms with Crippen molar-refractivity contribution in [1.29, 1.82) is 0 Å². The topological polar surface area (TPSA) is 49.5 Å². The van der Waals surface area contributed by atoms with Crippen LogP contribution < -0.4 is 4.90 Å². The molecule has 35 heavy (non-hydrogen) atoms. The normalized spacial score (nSPS) is 16.8. The molecule has 1 aliphatic rings.